The minimum atomic E-state index is -0.291. The number of likely N-dealkylation sites (tertiary alicyclic amines) is 1. The van der Waals surface area contributed by atoms with Crippen molar-refractivity contribution in [2.24, 2.45) is 5.92 Å². The molecule has 3 rings (SSSR count). The van der Waals surface area contributed by atoms with E-state index in [1.54, 1.807) is 9.80 Å². The predicted octanol–water partition coefficient (Wildman–Crippen LogP) is -0.393. The molecule has 0 aromatic heterocycles. The summed E-state index contributed by atoms with van der Waals surface area (Å²) < 4.78 is 5.37. The lowest BCUT2D eigenvalue weighted by Crippen LogP contribution is -2.53. The molecule has 0 spiro atoms. The first-order chi connectivity index (χ1) is 9.70. The summed E-state index contributed by atoms with van der Waals surface area (Å²) in [6.07, 6.45) is 3.32. The van der Waals surface area contributed by atoms with Crippen LogP contribution in [0.1, 0.15) is 25.7 Å². The van der Waals surface area contributed by atoms with Crippen LogP contribution in [0.3, 0.4) is 0 Å². The van der Waals surface area contributed by atoms with E-state index < -0.39 is 0 Å². The zero-order chi connectivity index (χ0) is 14.1. The van der Waals surface area contributed by atoms with Crippen LogP contribution >= 0.6 is 0 Å². The molecule has 2 heterocycles. The van der Waals surface area contributed by atoms with Crippen LogP contribution in [0, 0.1) is 5.92 Å². The number of ether oxygens (including phenoxy) is 1. The molecule has 0 aromatic rings. The van der Waals surface area contributed by atoms with Gasteiger partial charge in [-0.25, -0.2) is 0 Å². The van der Waals surface area contributed by atoms with E-state index in [1.165, 1.54) is 0 Å². The molecule has 2 aliphatic heterocycles. The summed E-state index contributed by atoms with van der Waals surface area (Å²) in [4.78, 5) is 28.4. The molecular formula is C14H22N2O4. The number of nitrogens with zero attached hydrogens (tertiary/aromatic N) is 2. The summed E-state index contributed by atoms with van der Waals surface area (Å²) in [5.74, 6) is 0.351. The minimum Gasteiger partial charge on any atom is -0.394 e. The van der Waals surface area contributed by atoms with Crippen LogP contribution in [-0.4, -0.2) is 71.7 Å². The van der Waals surface area contributed by atoms with Crippen molar-refractivity contribution in [1.29, 1.82) is 0 Å². The van der Waals surface area contributed by atoms with Crippen molar-refractivity contribution in [3.05, 3.63) is 0 Å². The maximum absolute atomic E-state index is 12.6. The van der Waals surface area contributed by atoms with Gasteiger partial charge in [0, 0.05) is 25.6 Å². The average Bonchev–Trinajstić information content (AvgIpc) is 3.23. The molecule has 2 atom stereocenters. The molecule has 2 saturated heterocycles. The molecule has 112 valence electrons. The fraction of sp³-hybridized carbons (Fsp3) is 0.857. The molecular weight excluding hydrogens is 260 g/mol. The number of carbonyl (C=O) groups is 2. The second-order valence-electron chi connectivity index (χ2n) is 5.92. The van der Waals surface area contributed by atoms with Crippen LogP contribution in [0.5, 0.6) is 0 Å². The second-order valence-corrected chi connectivity index (χ2v) is 5.92. The van der Waals surface area contributed by atoms with Crippen molar-refractivity contribution in [1.82, 2.24) is 9.80 Å². The Kier molecular flexibility index (Phi) is 3.94. The van der Waals surface area contributed by atoms with Gasteiger partial charge in [0.1, 0.15) is 6.04 Å². The van der Waals surface area contributed by atoms with Crippen LogP contribution in [-0.2, 0) is 14.3 Å². The Morgan fingerprint density at radius 3 is 2.65 bits per heavy atom. The summed E-state index contributed by atoms with van der Waals surface area (Å²) >= 11 is 0. The molecule has 0 radical (unpaired) electrons. The molecule has 1 aliphatic carbocycles. The third-order valence-corrected chi connectivity index (χ3v) is 4.40. The van der Waals surface area contributed by atoms with E-state index in [2.05, 4.69) is 0 Å². The smallest absolute Gasteiger partial charge is 0.245 e. The number of morpholine rings is 1. The van der Waals surface area contributed by atoms with Gasteiger partial charge in [-0.1, -0.05) is 0 Å². The first kappa shape index (κ1) is 13.8. The highest BCUT2D eigenvalue weighted by molar-refractivity contribution is 5.90. The number of hydrogen-bond acceptors (Lipinski definition) is 4. The van der Waals surface area contributed by atoms with Crippen LogP contribution in [0.15, 0.2) is 0 Å². The molecule has 6 nitrogen and oxygen atoms in total. The molecule has 3 aliphatic rings. The number of aliphatic hydroxyl groups is 1. The third kappa shape index (κ3) is 2.67. The molecule has 1 saturated carbocycles. The fourth-order valence-corrected chi connectivity index (χ4v) is 3.09. The van der Waals surface area contributed by atoms with Gasteiger partial charge in [-0.05, 0) is 25.7 Å². The maximum atomic E-state index is 12.6. The van der Waals surface area contributed by atoms with Gasteiger partial charge in [0.25, 0.3) is 0 Å². The Morgan fingerprint density at radius 1 is 1.15 bits per heavy atom. The monoisotopic (exact) mass is 282 g/mol. The van der Waals surface area contributed by atoms with E-state index in [-0.39, 0.29) is 36.5 Å². The van der Waals surface area contributed by atoms with E-state index in [0.29, 0.717) is 26.2 Å². The molecule has 20 heavy (non-hydrogen) atoms. The highest BCUT2D eigenvalue weighted by atomic mass is 16.5. The van der Waals surface area contributed by atoms with Crippen molar-refractivity contribution in [3.8, 4) is 0 Å². The van der Waals surface area contributed by atoms with Crippen LogP contribution < -0.4 is 0 Å². The summed E-state index contributed by atoms with van der Waals surface area (Å²) in [7, 11) is 0. The Hall–Kier alpha value is -1.14. The minimum absolute atomic E-state index is 0.0262. The van der Waals surface area contributed by atoms with E-state index in [9.17, 15) is 9.59 Å². The van der Waals surface area contributed by atoms with E-state index in [0.717, 1.165) is 25.7 Å². The van der Waals surface area contributed by atoms with Crippen LogP contribution in [0.25, 0.3) is 0 Å². The van der Waals surface area contributed by atoms with Crippen molar-refractivity contribution in [2.45, 2.75) is 37.8 Å². The summed E-state index contributed by atoms with van der Waals surface area (Å²) in [5.41, 5.74) is 0. The Labute approximate surface area is 118 Å². The largest absolute Gasteiger partial charge is 0.394 e. The maximum Gasteiger partial charge on any atom is 0.245 e. The molecule has 2 amide bonds. The second kappa shape index (κ2) is 5.69. The van der Waals surface area contributed by atoms with Crippen LogP contribution in [0.2, 0.25) is 0 Å². The molecule has 3 fully saturated rings. The predicted molar refractivity (Wildman–Crippen MR) is 70.9 cm³/mol. The van der Waals surface area contributed by atoms with E-state index >= 15 is 0 Å². The lowest BCUT2D eigenvalue weighted by Gasteiger charge is -2.35. The first-order valence-electron chi connectivity index (χ1n) is 7.52. The number of amides is 2. The Morgan fingerprint density at radius 2 is 1.95 bits per heavy atom. The number of rotatable bonds is 3. The van der Waals surface area contributed by atoms with Gasteiger partial charge in [0.05, 0.1) is 19.3 Å². The lowest BCUT2D eigenvalue weighted by molar-refractivity contribution is -0.150. The first-order valence-corrected chi connectivity index (χ1v) is 7.52. The zero-order valence-electron chi connectivity index (χ0n) is 11.7. The van der Waals surface area contributed by atoms with Gasteiger partial charge < -0.3 is 19.6 Å². The fourth-order valence-electron chi connectivity index (χ4n) is 3.09. The highest BCUT2D eigenvalue weighted by Crippen LogP contribution is 2.34. The van der Waals surface area contributed by atoms with Gasteiger partial charge in [-0.15, -0.1) is 0 Å². The quantitative estimate of drug-likeness (QED) is 0.765. The molecule has 0 bridgehead atoms. The van der Waals surface area contributed by atoms with Crippen molar-refractivity contribution < 1.29 is 19.4 Å². The summed E-state index contributed by atoms with van der Waals surface area (Å²) in [5, 5.41) is 9.15. The number of hydrogen-bond donors (Lipinski definition) is 1. The highest BCUT2D eigenvalue weighted by Gasteiger charge is 2.42. The zero-order valence-corrected chi connectivity index (χ0v) is 11.7. The van der Waals surface area contributed by atoms with Gasteiger partial charge in [0.2, 0.25) is 11.8 Å². The lowest BCUT2D eigenvalue weighted by atomic mass is 10.1. The van der Waals surface area contributed by atoms with Crippen molar-refractivity contribution >= 4 is 11.8 Å². The van der Waals surface area contributed by atoms with Crippen LogP contribution in [0.4, 0.5) is 0 Å². The number of carbonyl (C=O) groups excluding carboxylic acids is 2. The topological polar surface area (TPSA) is 70.1 Å². The average molecular weight is 282 g/mol. The normalized spacial score (nSPS) is 30.6. The van der Waals surface area contributed by atoms with Gasteiger partial charge >= 0.3 is 0 Å². The molecule has 2 unspecified atom stereocenters. The number of aliphatic hydroxyl groups excluding tert-OH is 1. The molecule has 1 N–H and O–H groups in total. The Bertz CT molecular complexity index is 397. The summed E-state index contributed by atoms with van der Waals surface area (Å²) in [6.45, 7) is 2.08. The molecule has 6 heteroatoms. The Balaban J connectivity index is 1.64. The molecule has 0 aromatic carbocycles. The van der Waals surface area contributed by atoms with Gasteiger partial charge in [-0.3, -0.25) is 9.59 Å². The van der Waals surface area contributed by atoms with E-state index in [4.69, 9.17) is 9.84 Å². The van der Waals surface area contributed by atoms with Crippen molar-refractivity contribution in [2.75, 3.05) is 32.8 Å². The third-order valence-electron chi connectivity index (χ3n) is 4.40. The van der Waals surface area contributed by atoms with Gasteiger partial charge in [0.15, 0.2) is 0 Å². The standard InChI is InChI=1S/C14H22N2O4/c17-9-11-8-15(6-7-20-11)14(19)12-2-1-5-16(12)13(18)10-3-4-10/h10-12,17H,1-9H2. The van der Waals surface area contributed by atoms with Gasteiger partial charge in [-0.2, -0.15) is 0 Å². The van der Waals surface area contributed by atoms with Crippen molar-refractivity contribution in [3.63, 3.8) is 0 Å². The SMILES string of the molecule is O=C(C1CCCN1C(=O)C1CC1)N1CCOC(CO)C1. The van der Waals surface area contributed by atoms with E-state index in [1.807, 2.05) is 0 Å². The summed E-state index contributed by atoms with van der Waals surface area (Å²) in [6, 6.07) is -0.291.